The SMILES string of the molecule is CC=C(CCNC)C(=O)OC1Cc2c3c(c4oc(CO)cc(=O)c4c2O)C2C4=CCNC(N)=C4C(CCc4ccc(O)cc4C2CO)C2CCC4=CC(N)NC=C4CC2C1(C)O3. The number of carbonyl (C=O) groups excluding carboxylic acids is 1. The molecular formula is C48H57N5O9. The number of phenolic OH excluding ortho intramolecular Hbond substituents is 2. The zero-order chi connectivity index (χ0) is 43.6. The maximum Gasteiger partial charge on any atom is 0.334 e. The van der Waals surface area contributed by atoms with Crippen LogP contribution in [0.5, 0.6) is 17.2 Å². The van der Waals surface area contributed by atoms with Crippen molar-refractivity contribution < 1.29 is 39.1 Å². The largest absolute Gasteiger partial charge is 0.508 e. The molecule has 5 heterocycles. The second kappa shape index (κ2) is 16.3. The van der Waals surface area contributed by atoms with Gasteiger partial charge < -0.3 is 61.7 Å². The number of aliphatic hydroxyl groups is 2. The molecule has 0 radical (unpaired) electrons. The van der Waals surface area contributed by atoms with Crippen LogP contribution in [0.15, 0.2) is 91.6 Å². The van der Waals surface area contributed by atoms with Crippen LogP contribution >= 0.6 is 0 Å². The Bertz CT molecular complexity index is 2550. The molecule has 0 saturated heterocycles. The zero-order valence-corrected chi connectivity index (χ0v) is 35.4. The van der Waals surface area contributed by atoms with E-state index in [1.807, 2.05) is 26.2 Å². The number of nitrogens with two attached hydrogens (primary N) is 2. The maximum absolute atomic E-state index is 14.4. The highest BCUT2D eigenvalue weighted by Gasteiger charge is 2.58. The minimum absolute atomic E-state index is 0.00532. The molecule has 11 N–H and O–H groups in total. The van der Waals surface area contributed by atoms with Crippen LogP contribution in [-0.2, 0) is 29.0 Å². The summed E-state index contributed by atoms with van der Waals surface area (Å²) in [5, 5.41) is 55.4. The number of hydrogen-bond acceptors (Lipinski definition) is 14. The van der Waals surface area contributed by atoms with Crippen LogP contribution in [0.2, 0.25) is 0 Å². The first-order valence-corrected chi connectivity index (χ1v) is 21.8. The Balaban J connectivity index is 1.42. The molecule has 4 aliphatic heterocycles. The van der Waals surface area contributed by atoms with E-state index in [1.165, 1.54) is 0 Å². The number of benzene rings is 2. The summed E-state index contributed by atoms with van der Waals surface area (Å²) in [6.45, 7) is 3.75. The molecule has 4 bridgehead atoms. The molecule has 8 atom stereocenters. The first-order valence-electron chi connectivity index (χ1n) is 21.8. The van der Waals surface area contributed by atoms with Crippen LogP contribution in [0.1, 0.15) is 85.8 Å². The van der Waals surface area contributed by atoms with E-state index in [1.54, 1.807) is 25.1 Å². The van der Waals surface area contributed by atoms with Gasteiger partial charge in [-0.2, -0.15) is 0 Å². The summed E-state index contributed by atoms with van der Waals surface area (Å²) in [5.74, 6) is -2.35. The number of dihydropyridines is 2. The molecule has 14 nitrogen and oxygen atoms in total. The molecule has 3 aromatic rings. The Kier molecular flexibility index (Phi) is 11.0. The second-order valence-electron chi connectivity index (χ2n) is 17.8. The molecule has 0 spiro atoms. The van der Waals surface area contributed by atoms with E-state index >= 15 is 0 Å². The average molecular weight is 848 g/mol. The van der Waals surface area contributed by atoms with Gasteiger partial charge in [0.05, 0.1) is 12.8 Å². The van der Waals surface area contributed by atoms with Crippen molar-refractivity contribution in [1.29, 1.82) is 0 Å². The lowest BCUT2D eigenvalue weighted by molar-refractivity contribution is -0.169. The number of aliphatic hydroxyl groups excluding tert-OH is 2. The Morgan fingerprint density at radius 1 is 1.13 bits per heavy atom. The van der Waals surface area contributed by atoms with Gasteiger partial charge in [0, 0.05) is 59.7 Å². The summed E-state index contributed by atoms with van der Waals surface area (Å²) in [5.41, 5.74) is 18.5. The van der Waals surface area contributed by atoms with E-state index < -0.39 is 41.5 Å². The predicted molar refractivity (Wildman–Crippen MR) is 233 cm³/mol. The third-order valence-electron chi connectivity index (χ3n) is 14.6. The number of aromatic hydroxyl groups is 2. The maximum atomic E-state index is 14.4. The van der Waals surface area contributed by atoms with Crippen molar-refractivity contribution >= 4 is 16.9 Å². The lowest BCUT2D eigenvalue weighted by Gasteiger charge is -2.52. The molecular weight excluding hydrogens is 791 g/mol. The number of phenols is 2. The first-order chi connectivity index (χ1) is 29.9. The van der Waals surface area contributed by atoms with Crippen molar-refractivity contribution in [3.05, 3.63) is 121 Å². The lowest BCUT2D eigenvalue weighted by Crippen LogP contribution is -2.59. The molecule has 1 saturated carbocycles. The fourth-order valence-electron chi connectivity index (χ4n) is 11.6. The number of fused-ring (bicyclic) bond motifs is 9. The topological polar surface area (TPSA) is 235 Å². The van der Waals surface area contributed by atoms with Crippen LogP contribution in [0.3, 0.4) is 0 Å². The number of ether oxygens (including phenoxy) is 2. The third-order valence-corrected chi connectivity index (χ3v) is 14.6. The molecule has 8 unspecified atom stereocenters. The molecule has 62 heavy (non-hydrogen) atoms. The average Bonchev–Trinajstić information content (AvgIpc) is 3.41. The van der Waals surface area contributed by atoms with Crippen molar-refractivity contribution in [3.63, 3.8) is 0 Å². The Labute approximate surface area is 360 Å². The molecule has 1 aromatic heterocycles. The summed E-state index contributed by atoms with van der Waals surface area (Å²) in [6, 6.07) is 6.44. The molecule has 1 fully saturated rings. The predicted octanol–water partition coefficient (Wildman–Crippen LogP) is 4.11. The van der Waals surface area contributed by atoms with Crippen LogP contribution in [0.4, 0.5) is 0 Å². The molecule has 14 heteroatoms. The van der Waals surface area contributed by atoms with Gasteiger partial charge in [-0.05, 0) is 129 Å². The van der Waals surface area contributed by atoms with Crippen LogP contribution < -0.4 is 37.6 Å². The number of allylic oxidation sites excluding steroid dienone is 5. The van der Waals surface area contributed by atoms with E-state index in [4.69, 9.17) is 25.4 Å². The van der Waals surface area contributed by atoms with Gasteiger partial charge in [-0.15, -0.1) is 0 Å². The minimum atomic E-state index is -1.27. The summed E-state index contributed by atoms with van der Waals surface area (Å²) < 4.78 is 20.8. The zero-order valence-electron chi connectivity index (χ0n) is 35.4. The van der Waals surface area contributed by atoms with Crippen LogP contribution in [-0.4, -0.2) is 71.0 Å². The summed E-state index contributed by atoms with van der Waals surface area (Å²) in [6.07, 6.45) is 10.2. The van der Waals surface area contributed by atoms with Crippen LogP contribution in [0.25, 0.3) is 11.0 Å². The Morgan fingerprint density at radius 2 is 1.95 bits per heavy atom. The quantitative estimate of drug-likeness (QED) is 0.120. The number of hydrogen-bond donors (Lipinski definition) is 9. The second-order valence-corrected chi connectivity index (χ2v) is 17.8. The molecule has 328 valence electrons. The van der Waals surface area contributed by atoms with E-state index in [2.05, 4.69) is 28.1 Å². The van der Waals surface area contributed by atoms with Gasteiger partial charge in [-0.3, -0.25) is 4.79 Å². The smallest absolute Gasteiger partial charge is 0.334 e. The third kappa shape index (κ3) is 6.78. The fraction of sp³-hybridized carbons (Fsp3) is 0.458. The van der Waals surface area contributed by atoms with Gasteiger partial charge in [0.15, 0.2) is 5.43 Å². The number of nitrogens with one attached hydrogen (secondary N) is 3. The van der Waals surface area contributed by atoms with Crippen molar-refractivity contribution in [2.75, 3.05) is 26.7 Å². The minimum Gasteiger partial charge on any atom is -0.508 e. The van der Waals surface area contributed by atoms with E-state index in [0.717, 1.165) is 45.9 Å². The van der Waals surface area contributed by atoms with E-state index in [0.29, 0.717) is 62.2 Å². The van der Waals surface area contributed by atoms with Crippen molar-refractivity contribution in [2.24, 2.45) is 29.2 Å². The number of aryl methyl sites for hydroxylation is 1. The fourth-order valence-corrected chi connectivity index (χ4v) is 11.6. The van der Waals surface area contributed by atoms with Gasteiger partial charge in [-0.25, -0.2) is 4.79 Å². The lowest BCUT2D eigenvalue weighted by atomic mass is 9.61. The normalized spacial score (nSPS) is 29.0. The van der Waals surface area contributed by atoms with Crippen LogP contribution in [0, 0.1) is 17.8 Å². The van der Waals surface area contributed by atoms with Gasteiger partial charge in [-0.1, -0.05) is 18.2 Å². The van der Waals surface area contributed by atoms with Gasteiger partial charge >= 0.3 is 5.97 Å². The van der Waals surface area contributed by atoms with Crippen molar-refractivity contribution in [2.45, 2.75) is 95.1 Å². The van der Waals surface area contributed by atoms with Crippen molar-refractivity contribution in [1.82, 2.24) is 16.0 Å². The number of rotatable bonds is 7. The number of esters is 1. The number of carbonyl (C=O) groups is 1. The molecule has 0 amide bonds. The summed E-state index contributed by atoms with van der Waals surface area (Å²) in [4.78, 5) is 28.6. The van der Waals surface area contributed by atoms with Gasteiger partial charge in [0.2, 0.25) is 0 Å². The van der Waals surface area contributed by atoms with Gasteiger partial charge in [0.1, 0.15) is 58.1 Å². The standard InChI is InChI=1S/C48H57N5O9/c1-4-23(11-13-51-3)47(59)61-37-19-33-43(58)41-36(57)18-28(21-54)60-45(41)42-39-31-12-14-52-46(50)40(31)30(10-6-24-5-8-27(56)17-32(24)34(39)22-55)29-9-7-25-16-38(49)53-20-26(25)15-35(29)48(37,2)62-44(33)42/h4-5,8,12,16-18,20,29-30,34-35,37-39,51-56,58H,6-7,9-11,13-15,19,21-22,49-50H2,1-3H3. The molecule has 6 aliphatic rings. The molecule has 2 aliphatic carbocycles. The molecule has 2 aromatic carbocycles. The van der Waals surface area contributed by atoms with E-state index in [-0.39, 0.29) is 76.5 Å². The van der Waals surface area contributed by atoms with Crippen molar-refractivity contribution in [3.8, 4) is 17.2 Å². The summed E-state index contributed by atoms with van der Waals surface area (Å²) in [7, 11) is 1.82. The van der Waals surface area contributed by atoms with Gasteiger partial charge in [0.25, 0.3) is 0 Å². The highest BCUT2D eigenvalue weighted by molar-refractivity contribution is 5.92. The molecule has 9 rings (SSSR count). The highest BCUT2D eigenvalue weighted by atomic mass is 16.6. The highest BCUT2D eigenvalue weighted by Crippen LogP contribution is 2.61. The first kappa shape index (κ1) is 41.8. The summed E-state index contributed by atoms with van der Waals surface area (Å²) >= 11 is 0. The monoisotopic (exact) mass is 847 g/mol. The van der Waals surface area contributed by atoms with E-state index in [9.17, 15) is 30.0 Å². The Morgan fingerprint density at radius 3 is 2.71 bits per heavy atom. The Hall–Kier alpha value is -5.54.